The first-order chi connectivity index (χ1) is 9.56. The van der Waals surface area contributed by atoms with Gasteiger partial charge >= 0.3 is 0 Å². The van der Waals surface area contributed by atoms with Gasteiger partial charge in [0.05, 0.1) is 20.5 Å². The highest BCUT2D eigenvalue weighted by Gasteiger charge is 2.21. The summed E-state index contributed by atoms with van der Waals surface area (Å²) in [4.78, 5) is 4.99. The Morgan fingerprint density at radius 3 is 2.85 bits per heavy atom. The summed E-state index contributed by atoms with van der Waals surface area (Å²) in [6, 6.07) is 4.10. The van der Waals surface area contributed by atoms with E-state index in [2.05, 4.69) is 10.1 Å². The average molecular weight is 310 g/mol. The summed E-state index contributed by atoms with van der Waals surface area (Å²) < 4.78 is 18.2. The summed E-state index contributed by atoms with van der Waals surface area (Å²) in [5.41, 5.74) is 7.52. The van der Waals surface area contributed by atoms with E-state index < -0.39 is 5.82 Å². The van der Waals surface area contributed by atoms with Crippen molar-refractivity contribution in [2.75, 3.05) is 5.73 Å². The lowest BCUT2D eigenvalue weighted by Crippen LogP contribution is -1.88. The summed E-state index contributed by atoms with van der Waals surface area (Å²) in [5, 5.41) is 5.11. The topological polar surface area (TPSA) is 64.9 Å². The van der Waals surface area contributed by atoms with E-state index in [1.807, 2.05) is 6.92 Å². The Balaban J connectivity index is 2.21. The van der Waals surface area contributed by atoms with E-state index in [-0.39, 0.29) is 10.9 Å². The summed E-state index contributed by atoms with van der Waals surface area (Å²) in [6.45, 7) is 1.89. The van der Waals surface area contributed by atoms with E-state index >= 15 is 0 Å². The number of aromatic nitrogens is 2. The van der Waals surface area contributed by atoms with Crippen LogP contribution in [0, 0.1) is 12.7 Å². The van der Waals surface area contributed by atoms with Crippen molar-refractivity contribution in [3.05, 3.63) is 40.2 Å². The molecule has 4 nitrogen and oxygen atoms in total. The SMILES string of the molecule is Cc1ncc(-c2noc(N)c2-c2ccc(F)cc2Cl)s1. The number of rotatable bonds is 2. The van der Waals surface area contributed by atoms with Crippen molar-refractivity contribution in [1.29, 1.82) is 0 Å². The molecule has 102 valence electrons. The fourth-order valence-corrected chi connectivity index (χ4v) is 2.92. The van der Waals surface area contributed by atoms with Gasteiger partial charge in [0, 0.05) is 11.8 Å². The standard InChI is InChI=1S/C13H9ClFN3OS/c1-6-17-5-10(20-6)12-11(13(16)19-18-12)8-3-2-7(15)4-9(8)14/h2-5H,16H2,1H3. The van der Waals surface area contributed by atoms with Crippen LogP contribution in [0.3, 0.4) is 0 Å². The molecule has 0 atom stereocenters. The molecule has 0 radical (unpaired) electrons. The number of hydrogen-bond donors (Lipinski definition) is 1. The molecule has 0 spiro atoms. The average Bonchev–Trinajstić information content (AvgIpc) is 2.96. The monoisotopic (exact) mass is 309 g/mol. The van der Waals surface area contributed by atoms with Crippen LogP contribution in [-0.2, 0) is 0 Å². The molecule has 0 unspecified atom stereocenters. The largest absolute Gasteiger partial charge is 0.367 e. The minimum atomic E-state index is -0.413. The fourth-order valence-electron chi connectivity index (χ4n) is 1.89. The van der Waals surface area contributed by atoms with Gasteiger partial charge in [-0.3, -0.25) is 0 Å². The maximum absolute atomic E-state index is 13.2. The zero-order valence-electron chi connectivity index (χ0n) is 10.4. The second-order valence-corrected chi connectivity index (χ2v) is 5.78. The quantitative estimate of drug-likeness (QED) is 0.772. The van der Waals surface area contributed by atoms with Crippen molar-refractivity contribution in [2.24, 2.45) is 0 Å². The predicted molar refractivity (Wildman–Crippen MR) is 77.2 cm³/mol. The zero-order chi connectivity index (χ0) is 14.3. The highest BCUT2D eigenvalue weighted by molar-refractivity contribution is 7.15. The fraction of sp³-hybridized carbons (Fsp3) is 0.0769. The third kappa shape index (κ3) is 2.17. The Morgan fingerprint density at radius 2 is 2.20 bits per heavy atom. The minimum Gasteiger partial charge on any atom is -0.367 e. The zero-order valence-corrected chi connectivity index (χ0v) is 11.9. The molecule has 2 N–H and O–H groups in total. The molecule has 1 aromatic carbocycles. The van der Waals surface area contributed by atoms with Gasteiger partial charge in [0.2, 0.25) is 5.88 Å². The highest BCUT2D eigenvalue weighted by Crippen LogP contribution is 2.41. The minimum absolute atomic E-state index is 0.138. The number of nitrogens with two attached hydrogens (primary N) is 1. The second-order valence-electron chi connectivity index (χ2n) is 4.14. The van der Waals surface area contributed by atoms with E-state index in [9.17, 15) is 4.39 Å². The van der Waals surface area contributed by atoms with Crippen LogP contribution in [0.2, 0.25) is 5.02 Å². The molecule has 2 aromatic heterocycles. The smallest absolute Gasteiger partial charge is 0.230 e. The molecule has 7 heteroatoms. The highest BCUT2D eigenvalue weighted by atomic mass is 35.5. The van der Waals surface area contributed by atoms with Crippen LogP contribution in [-0.4, -0.2) is 10.1 Å². The molecule has 3 aromatic rings. The maximum atomic E-state index is 13.2. The molecule has 0 saturated heterocycles. The van der Waals surface area contributed by atoms with Crippen LogP contribution >= 0.6 is 22.9 Å². The van der Waals surface area contributed by atoms with E-state index in [0.717, 1.165) is 9.88 Å². The van der Waals surface area contributed by atoms with Crippen LogP contribution < -0.4 is 5.73 Å². The second kappa shape index (κ2) is 4.88. The first-order valence-electron chi connectivity index (χ1n) is 5.69. The number of halogens is 2. The molecule has 0 amide bonds. The van der Waals surface area contributed by atoms with Crippen LogP contribution in [0.4, 0.5) is 10.3 Å². The summed E-state index contributed by atoms with van der Waals surface area (Å²) in [6.07, 6.45) is 1.69. The van der Waals surface area contributed by atoms with Crippen LogP contribution in [0.15, 0.2) is 28.9 Å². The van der Waals surface area contributed by atoms with Gasteiger partial charge in [0.1, 0.15) is 11.5 Å². The third-order valence-corrected chi connectivity index (χ3v) is 4.01. The van der Waals surface area contributed by atoms with E-state index in [1.165, 1.54) is 23.5 Å². The van der Waals surface area contributed by atoms with Gasteiger partial charge in [-0.15, -0.1) is 11.3 Å². The summed E-state index contributed by atoms with van der Waals surface area (Å²) in [5.74, 6) is -0.275. The Labute approximate surface area is 123 Å². The van der Waals surface area contributed by atoms with E-state index in [0.29, 0.717) is 16.8 Å². The third-order valence-electron chi connectivity index (χ3n) is 2.77. The first kappa shape index (κ1) is 13.1. The van der Waals surface area contributed by atoms with Gasteiger partial charge in [0.15, 0.2) is 0 Å². The molecule has 3 rings (SSSR count). The molecule has 0 aliphatic carbocycles. The molecule has 0 aliphatic rings. The molecule has 0 saturated carbocycles. The number of thiazole rings is 1. The van der Waals surface area contributed by atoms with Gasteiger partial charge in [-0.1, -0.05) is 16.8 Å². The lowest BCUT2D eigenvalue weighted by Gasteiger charge is -2.04. The molecule has 0 fully saturated rings. The van der Waals surface area contributed by atoms with Crippen LogP contribution in [0.25, 0.3) is 21.7 Å². The lowest BCUT2D eigenvalue weighted by atomic mass is 10.0. The van der Waals surface area contributed by atoms with Crippen molar-refractivity contribution in [3.63, 3.8) is 0 Å². The Bertz CT molecular complexity index is 784. The van der Waals surface area contributed by atoms with Crippen molar-refractivity contribution < 1.29 is 8.91 Å². The number of anilines is 1. The molecule has 20 heavy (non-hydrogen) atoms. The van der Waals surface area contributed by atoms with Crippen molar-refractivity contribution in [3.8, 4) is 21.7 Å². The molecular formula is C13H9ClFN3OS. The van der Waals surface area contributed by atoms with Gasteiger partial charge in [-0.25, -0.2) is 9.37 Å². The normalized spacial score (nSPS) is 10.9. The first-order valence-corrected chi connectivity index (χ1v) is 6.89. The molecular weight excluding hydrogens is 301 g/mol. The Kier molecular flexibility index (Phi) is 3.19. The maximum Gasteiger partial charge on any atom is 0.230 e. The van der Waals surface area contributed by atoms with Crippen LogP contribution in [0.5, 0.6) is 0 Å². The van der Waals surface area contributed by atoms with Gasteiger partial charge < -0.3 is 10.3 Å². The number of benzene rings is 1. The predicted octanol–water partition coefficient (Wildman–Crippen LogP) is 4.15. The van der Waals surface area contributed by atoms with E-state index in [4.69, 9.17) is 21.9 Å². The Morgan fingerprint density at radius 1 is 1.40 bits per heavy atom. The van der Waals surface area contributed by atoms with Crippen molar-refractivity contribution in [1.82, 2.24) is 10.1 Å². The summed E-state index contributed by atoms with van der Waals surface area (Å²) in [7, 11) is 0. The van der Waals surface area contributed by atoms with Crippen molar-refractivity contribution in [2.45, 2.75) is 6.92 Å². The number of aryl methyl sites for hydroxylation is 1. The molecule has 0 aliphatic heterocycles. The molecule has 0 bridgehead atoms. The number of nitrogens with zero attached hydrogens (tertiary/aromatic N) is 2. The lowest BCUT2D eigenvalue weighted by molar-refractivity contribution is 0.439. The van der Waals surface area contributed by atoms with E-state index in [1.54, 1.807) is 12.3 Å². The molecule has 2 heterocycles. The van der Waals surface area contributed by atoms with Gasteiger partial charge in [-0.2, -0.15) is 0 Å². The number of hydrogen-bond acceptors (Lipinski definition) is 5. The van der Waals surface area contributed by atoms with Crippen molar-refractivity contribution >= 4 is 28.8 Å². The number of nitrogen functional groups attached to an aromatic ring is 1. The Hall–Kier alpha value is -1.92. The van der Waals surface area contributed by atoms with Gasteiger partial charge in [0.25, 0.3) is 0 Å². The van der Waals surface area contributed by atoms with Crippen LogP contribution in [0.1, 0.15) is 5.01 Å². The summed E-state index contributed by atoms with van der Waals surface area (Å²) >= 11 is 7.55. The van der Waals surface area contributed by atoms with Gasteiger partial charge in [-0.05, 0) is 25.1 Å².